The molecule has 29 heavy (non-hydrogen) atoms. The summed E-state index contributed by atoms with van der Waals surface area (Å²) >= 11 is 12.1. The molecule has 0 radical (unpaired) electrons. The van der Waals surface area contributed by atoms with Crippen LogP contribution in [-0.4, -0.2) is 30.9 Å². The van der Waals surface area contributed by atoms with Crippen LogP contribution in [0.15, 0.2) is 42.5 Å². The number of anilines is 2. The molecule has 1 aliphatic rings. The van der Waals surface area contributed by atoms with Crippen molar-refractivity contribution in [3.8, 4) is 0 Å². The van der Waals surface area contributed by atoms with Gasteiger partial charge in [0, 0.05) is 23.7 Å². The molecule has 2 amide bonds. The second-order valence-electron chi connectivity index (χ2n) is 6.71. The molecule has 0 unspecified atom stereocenters. The molecule has 2 aromatic carbocycles. The maximum Gasteiger partial charge on any atom is 0.311 e. The maximum absolute atomic E-state index is 12.3. The molecule has 1 N–H and O–H groups in total. The number of benzene rings is 2. The van der Waals surface area contributed by atoms with Crippen LogP contribution in [0.5, 0.6) is 0 Å². The predicted molar refractivity (Wildman–Crippen MR) is 112 cm³/mol. The second kappa shape index (κ2) is 9.29. The average molecular weight is 435 g/mol. The van der Waals surface area contributed by atoms with E-state index < -0.39 is 24.4 Å². The minimum atomic E-state index is -0.672. The van der Waals surface area contributed by atoms with E-state index in [-0.39, 0.29) is 18.9 Å². The fourth-order valence-corrected chi connectivity index (χ4v) is 3.45. The van der Waals surface area contributed by atoms with Crippen LogP contribution in [0.2, 0.25) is 10.0 Å². The van der Waals surface area contributed by atoms with Crippen LogP contribution in [0.1, 0.15) is 18.9 Å². The van der Waals surface area contributed by atoms with Gasteiger partial charge in [0.25, 0.3) is 5.91 Å². The summed E-state index contributed by atoms with van der Waals surface area (Å²) in [4.78, 5) is 38.1. The molecular formula is C21H20Cl2N2O4. The Bertz CT molecular complexity index is 931. The van der Waals surface area contributed by atoms with Gasteiger partial charge >= 0.3 is 5.97 Å². The van der Waals surface area contributed by atoms with E-state index >= 15 is 0 Å². The fraction of sp³-hybridized carbons (Fsp3) is 0.286. The number of hydrogen-bond donors (Lipinski definition) is 1. The third kappa shape index (κ3) is 5.28. The number of hydrogen-bond acceptors (Lipinski definition) is 4. The van der Waals surface area contributed by atoms with E-state index in [9.17, 15) is 14.4 Å². The minimum absolute atomic E-state index is 0.0121. The van der Waals surface area contributed by atoms with Gasteiger partial charge in [-0.05, 0) is 42.3 Å². The number of rotatable bonds is 6. The molecule has 3 rings (SSSR count). The summed E-state index contributed by atoms with van der Waals surface area (Å²) in [6.07, 6.45) is 0.894. The molecule has 1 fully saturated rings. The van der Waals surface area contributed by atoms with Crippen LogP contribution in [0.25, 0.3) is 0 Å². The molecular weight excluding hydrogens is 415 g/mol. The zero-order valence-electron chi connectivity index (χ0n) is 15.8. The van der Waals surface area contributed by atoms with Crippen molar-refractivity contribution in [2.45, 2.75) is 19.8 Å². The number of amides is 2. The Morgan fingerprint density at radius 1 is 1.17 bits per heavy atom. The molecule has 0 bridgehead atoms. The number of nitrogens with one attached hydrogen (secondary N) is 1. The van der Waals surface area contributed by atoms with Crippen molar-refractivity contribution in [3.05, 3.63) is 58.1 Å². The number of esters is 1. The van der Waals surface area contributed by atoms with Gasteiger partial charge in [0.1, 0.15) is 0 Å². The second-order valence-corrected chi connectivity index (χ2v) is 7.55. The van der Waals surface area contributed by atoms with Crippen LogP contribution >= 0.6 is 23.2 Å². The molecule has 6 nitrogen and oxygen atoms in total. The first-order valence-electron chi connectivity index (χ1n) is 9.18. The zero-order valence-corrected chi connectivity index (χ0v) is 17.3. The van der Waals surface area contributed by atoms with Gasteiger partial charge in [-0.2, -0.15) is 0 Å². The third-order valence-corrected chi connectivity index (χ3v) is 5.20. The van der Waals surface area contributed by atoms with E-state index in [1.165, 1.54) is 4.90 Å². The number of halogens is 2. The number of ether oxygens (including phenoxy) is 1. The highest BCUT2D eigenvalue weighted by Crippen LogP contribution is 2.33. The highest BCUT2D eigenvalue weighted by molar-refractivity contribution is 6.35. The van der Waals surface area contributed by atoms with Crippen molar-refractivity contribution in [3.63, 3.8) is 0 Å². The SMILES string of the molecule is CCc1ccc(NC(=O)COC(=O)[C@@H]2CC(=O)N(c3cc(Cl)ccc3Cl)C2)cc1. The van der Waals surface area contributed by atoms with Gasteiger partial charge in [-0.25, -0.2) is 0 Å². The number of nitrogens with zero attached hydrogens (tertiary/aromatic N) is 1. The predicted octanol–water partition coefficient (Wildman–Crippen LogP) is 4.09. The molecule has 1 saturated heterocycles. The molecule has 0 saturated carbocycles. The van der Waals surface area contributed by atoms with Crippen LogP contribution in [0.4, 0.5) is 11.4 Å². The van der Waals surface area contributed by atoms with Crippen LogP contribution in [-0.2, 0) is 25.5 Å². The van der Waals surface area contributed by atoms with E-state index in [1.807, 2.05) is 19.1 Å². The Morgan fingerprint density at radius 2 is 1.90 bits per heavy atom. The van der Waals surface area contributed by atoms with E-state index in [4.69, 9.17) is 27.9 Å². The lowest BCUT2D eigenvalue weighted by molar-refractivity contribution is -0.151. The van der Waals surface area contributed by atoms with Crippen molar-refractivity contribution < 1.29 is 19.1 Å². The Balaban J connectivity index is 1.53. The summed E-state index contributed by atoms with van der Waals surface area (Å²) in [6, 6.07) is 12.2. The smallest absolute Gasteiger partial charge is 0.311 e. The lowest BCUT2D eigenvalue weighted by Crippen LogP contribution is -2.28. The lowest BCUT2D eigenvalue weighted by Gasteiger charge is -2.18. The van der Waals surface area contributed by atoms with Gasteiger partial charge < -0.3 is 15.0 Å². The van der Waals surface area contributed by atoms with Crippen LogP contribution < -0.4 is 10.2 Å². The summed E-state index contributed by atoms with van der Waals surface area (Å²) in [5, 5.41) is 3.47. The number of aryl methyl sites for hydroxylation is 1. The molecule has 8 heteroatoms. The highest BCUT2D eigenvalue weighted by Gasteiger charge is 2.37. The normalized spacial score (nSPS) is 16.0. The first kappa shape index (κ1) is 21.1. The fourth-order valence-electron chi connectivity index (χ4n) is 3.07. The van der Waals surface area contributed by atoms with Gasteiger partial charge in [0.2, 0.25) is 5.91 Å². The summed E-state index contributed by atoms with van der Waals surface area (Å²) in [6.45, 7) is 1.75. The van der Waals surface area contributed by atoms with Crippen molar-refractivity contribution in [2.24, 2.45) is 5.92 Å². The Kier molecular flexibility index (Phi) is 6.77. The van der Waals surface area contributed by atoms with E-state index in [2.05, 4.69) is 5.32 Å². The van der Waals surface area contributed by atoms with Crippen LogP contribution in [0.3, 0.4) is 0 Å². The minimum Gasteiger partial charge on any atom is -0.455 e. The summed E-state index contributed by atoms with van der Waals surface area (Å²) in [5.41, 5.74) is 2.23. The van der Waals surface area contributed by atoms with Gasteiger partial charge in [-0.3, -0.25) is 14.4 Å². The van der Waals surface area contributed by atoms with Crippen molar-refractivity contribution in [1.82, 2.24) is 0 Å². The molecule has 1 heterocycles. The summed E-state index contributed by atoms with van der Waals surface area (Å²) < 4.78 is 5.10. The molecule has 0 aromatic heterocycles. The lowest BCUT2D eigenvalue weighted by atomic mass is 10.1. The Hall–Kier alpha value is -2.57. The largest absolute Gasteiger partial charge is 0.455 e. The first-order chi connectivity index (χ1) is 13.9. The number of carbonyl (C=O) groups is 3. The molecule has 0 aliphatic carbocycles. The topological polar surface area (TPSA) is 75.7 Å². The molecule has 1 aliphatic heterocycles. The zero-order chi connectivity index (χ0) is 21.0. The molecule has 152 valence electrons. The van der Waals surface area contributed by atoms with E-state index in [0.29, 0.717) is 21.4 Å². The Labute approximate surface area is 178 Å². The Morgan fingerprint density at radius 3 is 2.59 bits per heavy atom. The summed E-state index contributed by atoms with van der Waals surface area (Å²) in [5.74, 6) is -1.97. The van der Waals surface area contributed by atoms with Crippen LogP contribution in [0, 0.1) is 5.92 Å². The summed E-state index contributed by atoms with van der Waals surface area (Å²) in [7, 11) is 0. The quantitative estimate of drug-likeness (QED) is 0.694. The number of carbonyl (C=O) groups excluding carboxylic acids is 3. The van der Waals surface area contributed by atoms with Gasteiger partial charge in [0.15, 0.2) is 6.61 Å². The molecule has 1 atom stereocenters. The first-order valence-corrected chi connectivity index (χ1v) is 9.93. The average Bonchev–Trinajstić information content (AvgIpc) is 3.10. The molecule has 0 spiro atoms. The van der Waals surface area contributed by atoms with Crippen molar-refractivity contribution in [1.29, 1.82) is 0 Å². The van der Waals surface area contributed by atoms with Gasteiger partial charge in [0.05, 0.1) is 16.6 Å². The van der Waals surface area contributed by atoms with Crippen molar-refractivity contribution >= 4 is 52.4 Å². The van der Waals surface area contributed by atoms with Gasteiger partial charge in [-0.15, -0.1) is 0 Å². The molecule has 2 aromatic rings. The highest BCUT2D eigenvalue weighted by atomic mass is 35.5. The van der Waals surface area contributed by atoms with Gasteiger partial charge in [-0.1, -0.05) is 42.3 Å². The monoisotopic (exact) mass is 434 g/mol. The van der Waals surface area contributed by atoms with E-state index in [0.717, 1.165) is 12.0 Å². The third-order valence-electron chi connectivity index (χ3n) is 4.65. The maximum atomic E-state index is 12.3. The standard InChI is InChI=1S/C21H20Cl2N2O4/c1-2-13-3-6-16(7-4-13)24-19(26)12-29-21(28)14-9-20(27)25(11-14)18-10-15(22)5-8-17(18)23/h3-8,10,14H,2,9,11-12H2,1H3,(H,24,26)/t14-/m1/s1. The van der Waals surface area contributed by atoms with E-state index in [1.54, 1.807) is 30.3 Å². The van der Waals surface area contributed by atoms with Crippen molar-refractivity contribution in [2.75, 3.05) is 23.4 Å².